The number of allylic oxidation sites excluding steroid dienone is 19. The minimum Gasteiger partial charge on any atom is -0.365 e. The van der Waals surface area contributed by atoms with Crippen LogP contribution in [0.4, 0.5) is 0 Å². The van der Waals surface area contributed by atoms with Crippen LogP contribution in [0.1, 0.15) is 0 Å². The number of nitrogens with zero attached hydrogens (tertiary/aromatic N) is 1. The lowest BCUT2D eigenvalue weighted by atomic mass is 10.3. The summed E-state index contributed by atoms with van der Waals surface area (Å²) in [4.78, 5) is 4.94. The summed E-state index contributed by atoms with van der Waals surface area (Å²) < 4.78 is 0. The van der Waals surface area contributed by atoms with Gasteiger partial charge in [0.25, 0.3) is 0 Å². The van der Waals surface area contributed by atoms with Gasteiger partial charge in [-0.05, 0) is 12.2 Å². The number of hydrogen-bond acceptors (Lipinski definition) is 2. The van der Waals surface area contributed by atoms with Crippen LogP contribution < -0.4 is 0 Å². The summed E-state index contributed by atoms with van der Waals surface area (Å²) >= 11 is 0. The molecule has 0 aliphatic carbocycles. The average molecular weight is 303 g/mol. The molecular formula is C21H21NO. The maximum absolute atomic E-state index is 4.94. The topological polar surface area (TPSA) is 21.6 Å². The Labute approximate surface area is 138 Å². The summed E-state index contributed by atoms with van der Waals surface area (Å²) in [7, 11) is 0. The molecule has 1 aliphatic heterocycles. The predicted molar refractivity (Wildman–Crippen MR) is 101 cm³/mol. The normalized spacial score (nSPS) is 16.0. The van der Waals surface area contributed by atoms with Crippen LogP contribution in [0.3, 0.4) is 0 Å². The van der Waals surface area contributed by atoms with Gasteiger partial charge in [0.2, 0.25) is 0 Å². The first-order valence-corrected chi connectivity index (χ1v) is 7.34. The SMILES string of the molecule is C1=CC=CC=CC=CC=CC=NOC=CC=CC=CC=CC=C1. The molecule has 116 valence electrons. The van der Waals surface area contributed by atoms with Gasteiger partial charge in [0.05, 0.1) is 6.21 Å². The van der Waals surface area contributed by atoms with Crippen LogP contribution in [0, 0.1) is 0 Å². The zero-order valence-corrected chi connectivity index (χ0v) is 13.0. The molecule has 0 aromatic carbocycles. The fraction of sp³-hybridized carbons (Fsp3) is 0. The zero-order chi connectivity index (χ0) is 16.3. The van der Waals surface area contributed by atoms with E-state index in [1.54, 1.807) is 18.4 Å². The van der Waals surface area contributed by atoms with Crippen LogP contribution in [0.5, 0.6) is 0 Å². The van der Waals surface area contributed by atoms with Crippen molar-refractivity contribution in [1.29, 1.82) is 0 Å². The fourth-order valence-corrected chi connectivity index (χ4v) is 1.33. The molecule has 2 heteroatoms. The summed E-state index contributed by atoms with van der Waals surface area (Å²) in [6, 6.07) is 0. The van der Waals surface area contributed by atoms with Crippen molar-refractivity contribution in [2.75, 3.05) is 0 Å². The number of hydrogen-bond donors (Lipinski definition) is 0. The van der Waals surface area contributed by atoms with Crippen LogP contribution in [0.25, 0.3) is 0 Å². The van der Waals surface area contributed by atoms with E-state index in [0.29, 0.717) is 0 Å². The van der Waals surface area contributed by atoms with Crippen LogP contribution in [0.2, 0.25) is 0 Å². The second-order valence-electron chi connectivity index (χ2n) is 4.15. The quantitative estimate of drug-likeness (QED) is 0.577. The largest absolute Gasteiger partial charge is 0.365 e. The molecule has 0 atom stereocenters. The van der Waals surface area contributed by atoms with Gasteiger partial charge in [-0.25, -0.2) is 0 Å². The monoisotopic (exact) mass is 303 g/mol. The molecule has 2 nitrogen and oxygen atoms in total. The molecule has 0 bridgehead atoms. The third-order valence-electron chi connectivity index (χ3n) is 2.35. The van der Waals surface area contributed by atoms with Crippen molar-refractivity contribution >= 4 is 6.21 Å². The highest BCUT2D eigenvalue weighted by Gasteiger charge is 1.69. The highest BCUT2D eigenvalue weighted by molar-refractivity contribution is 5.70. The third kappa shape index (κ3) is 13.6. The Hall–Kier alpha value is -3.13. The van der Waals surface area contributed by atoms with E-state index in [0.717, 1.165) is 0 Å². The van der Waals surface area contributed by atoms with Gasteiger partial charge in [-0.15, -0.1) is 0 Å². The molecule has 1 aliphatic rings. The molecule has 0 radical (unpaired) electrons. The highest BCUT2D eigenvalue weighted by atomic mass is 16.6. The van der Waals surface area contributed by atoms with Crippen molar-refractivity contribution in [2.45, 2.75) is 0 Å². The smallest absolute Gasteiger partial charge is 0.122 e. The summed E-state index contributed by atoms with van der Waals surface area (Å²) in [5.74, 6) is 0. The molecule has 0 fully saturated rings. The Balaban J connectivity index is 2.63. The molecule has 0 spiro atoms. The maximum Gasteiger partial charge on any atom is 0.122 e. The minimum absolute atomic E-state index is 1.51. The van der Waals surface area contributed by atoms with Crippen LogP contribution in [-0.4, -0.2) is 6.21 Å². The Morgan fingerprint density at radius 3 is 1.04 bits per heavy atom. The van der Waals surface area contributed by atoms with Crippen molar-refractivity contribution in [3.8, 4) is 0 Å². The van der Waals surface area contributed by atoms with Crippen LogP contribution in [0.15, 0.2) is 127 Å². The van der Waals surface area contributed by atoms with Gasteiger partial charge >= 0.3 is 0 Å². The first-order valence-electron chi connectivity index (χ1n) is 7.34. The summed E-state index contributed by atoms with van der Waals surface area (Å²) in [6.07, 6.45) is 39.8. The maximum atomic E-state index is 4.94. The molecule has 0 saturated carbocycles. The van der Waals surface area contributed by atoms with Crippen molar-refractivity contribution in [3.63, 3.8) is 0 Å². The second-order valence-corrected chi connectivity index (χ2v) is 4.15. The van der Waals surface area contributed by atoms with Gasteiger partial charge in [-0.3, -0.25) is 0 Å². The molecule has 0 unspecified atom stereocenters. The lowest BCUT2D eigenvalue weighted by molar-refractivity contribution is 0.271. The average Bonchev–Trinajstić information content (AvgIpc) is 2.56. The third-order valence-corrected chi connectivity index (χ3v) is 2.35. The minimum atomic E-state index is 1.51. The van der Waals surface area contributed by atoms with Gasteiger partial charge in [-0.1, -0.05) is 108 Å². The van der Waals surface area contributed by atoms with E-state index in [-0.39, 0.29) is 0 Å². The fourth-order valence-electron chi connectivity index (χ4n) is 1.33. The van der Waals surface area contributed by atoms with E-state index < -0.39 is 0 Å². The van der Waals surface area contributed by atoms with Crippen molar-refractivity contribution in [3.05, 3.63) is 122 Å². The summed E-state index contributed by atoms with van der Waals surface area (Å²) in [5, 5.41) is 3.75. The molecule has 0 saturated heterocycles. The second kappa shape index (κ2) is 15.3. The summed E-state index contributed by atoms with van der Waals surface area (Å²) in [6.45, 7) is 0. The van der Waals surface area contributed by atoms with Crippen LogP contribution >= 0.6 is 0 Å². The molecule has 1 heterocycles. The Kier molecular flexibility index (Phi) is 11.9. The van der Waals surface area contributed by atoms with Gasteiger partial charge in [0.15, 0.2) is 0 Å². The van der Waals surface area contributed by atoms with Gasteiger partial charge in [0.1, 0.15) is 6.26 Å². The molecule has 0 aromatic rings. The molecule has 23 heavy (non-hydrogen) atoms. The number of rotatable bonds is 0. The lowest BCUT2D eigenvalue weighted by Crippen LogP contribution is -1.68. The Bertz CT molecular complexity index is 564. The molecule has 0 aromatic heterocycles. The first kappa shape index (κ1) is 17.9. The van der Waals surface area contributed by atoms with E-state index >= 15 is 0 Å². The van der Waals surface area contributed by atoms with Crippen molar-refractivity contribution in [1.82, 2.24) is 0 Å². The van der Waals surface area contributed by atoms with Crippen molar-refractivity contribution < 1.29 is 4.84 Å². The molecule has 0 N–H and O–H groups in total. The Morgan fingerprint density at radius 2 is 0.652 bits per heavy atom. The molecule has 1 rings (SSSR count). The summed E-state index contributed by atoms with van der Waals surface area (Å²) in [5.41, 5.74) is 0. The van der Waals surface area contributed by atoms with E-state index in [9.17, 15) is 0 Å². The standard InChI is InChI=1S/C21H21NO/c1-2-4-6-8-10-12-14-16-18-20-22-23-21-19-17-15-13-11-9-7-5-3-1/h1-21H. The van der Waals surface area contributed by atoms with E-state index in [4.69, 9.17) is 4.84 Å². The zero-order valence-electron chi connectivity index (χ0n) is 13.0. The van der Waals surface area contributed by atoms with Gasteiger partial charge in [-0.2, -0.15) is 0 Å². The van der Waals surface area contributed by atoms with E-state index in [1.807, 2.05) is 103 Å². The molecular weight excluding hydrogens is 282 g/mol. The van der Waals surface area contributed by atoms with Gasteiger partial charge < -0.3 is 4.84 Å². The molecule has 0 amide bonds. The number of oxime groups is 1. The lowest BCUT2D eigenvalue weighted by Gasteiger charge is -1.83. The van der Waals surface area contributed by atoms with Crippen molar-refractivity contribution in [2.24, 2.45) is 5.16 Å². The highest BCUT2D eigenvalue weighted by Crippen LogP contribution is 1.87. The van der Waals surface area contributed by atoms with Gasteiger partial charge in [0, 0.05) is 0 Å². The Morgan fingerprint density at radius 1 is 0.348 bits per heavy atom. The van der Waals surface area contributed by atoms with Crippen LogP contribution in [-0.2, 0) is 4.84 Å². The predicted octanol–water partition coefficient (Wildman–Crippen LogP) is 5.52. The van der Waals surface area contributed by atoms with E-state index in [1.165, 1.54) is 6.26 Å². The first-order chi connectivity index (χ1) is 11.5. The van der Waals surface area contributed by atoms with E-state index in [2.05, 4.69) is 5.16 Å².